The van der Waals surface area contributed by atoms with E-state index in [0.717, 1.165) is 12.0 Å². The maximum absolute atomic E-state index is 10.7. The Kier molecular flexibility index (Phi) is 3.43. The van der Waals surface area contributed by atoms with Crippen LogP contribution in [0.2, 0.25) is 0 Å². The first-order valence-corrected chi connectivity index (χ1v) is 5.86. The number of aromatic carboxylic acids is 1. The lowest BCUT2D eigenvalue weighted by Gasteiger charge is -2.11. The number of carboxylic acids is 1. The summed E-state index contributed by atoms with van der Waals surface area (Å²) in [6.45, 7) is 2.15. The molecule has 0 spiro atoms. The Labute approximate surface area is 101 Å². The van der Waals surface area contributed by atoms with E-state index in [1.54, 1.807) is 12.1 Å². The smallest absolute Gasteiger partial charge is 0.335 e. The molecule has 0 aliphatic heterocycles. The molecule has 0 amide bonds. The largest absolute Gasteiger partial charge is 0.478 e. The molecule has 0 heterocycles. The maximum Gasteiger partial charge on any atom is 0.335 e. The molecule has 1 aromatic rings. The topological polar surface area (TPSA) is 37.3 Å². The van der Waals surface area contributed by atoms with Gasteiger partial charge in [0.05, 0.1) is 5.56 Å². The van der Waals surface area contributed by atoms with Crippen molar-refractivity contribution in [3.8, 4) is 0 Å². The lowest BCUT2D eigenvalue weighted by Crippen LogP contribution is -1.95. The predicted octanol–water partition coefficient (Wildman–Crippen LogP) is 3.90. The molecule has 0 atom stereocenters. The third-order valence-electron chi connectivity index (χ3n) is 2.98. The van der Waals surface area contributed by atoms with Gasteiger partial charge in [-0.3, -0.25) is 0 Å². The minimum Gasteiger partial charge on any atom is -0.478 e. The van der Waals surface area contributed by atoms with E-state index in [1.165, 1.54) is 24.0 Å². The van der Waals surface area contributed by atoms with Crippen molar-refractivity contribution < 1.29 is 9.90 Å². The van der Waals surface area contributed by atoms with Crippen molar-refractivity contribution >= 4 is 12.0 Å². The quantitative estimate of drug-likeness (QED) is 0.833. The Hall–Kier alpha value is -1.83. The molecule has 1 aromatic carbocycles. The zero-order valence-corrected chi connectivity index (χ0v) is 9.94. The SMILES string of the molecule is CC1=C/C(=C/c2ccc(C(=O)O)cc2)CCC1. The summed E-state index contributed by atoms with van der Waals surface area (Å²) in [5.74, 6) is -0.877. The lowest BCUT2D eigenvalue weighted by molar-refractivity contribution is 0.0697. The molecule has 1 aliphatic carbocycles. The number of hydrogen-bond donors (Lipinski definition) is 1. The molecule has 1 N–H and O–H groups in total. The average molecular weight is 228 g/mol. The summed E-state index contributed by atoms with van der Waals surface area (Å²) in [6.07, 6.45) is 7.87. The fraction of sp³-hybridized carbons (Fsp3) is 0.267. The van der Waals surface area contributed by atoms with Gasteiger partial charge in [0.2, 0.25) is 0 Å². The van der Waals surface area contributed by atoms with Crippen molar-refractivity contribution in [2.24, 2.45) is 0 Å². The van der Waals surface area contributed by atoms with Crippen LogP contribution in [0, 0.1) is 0 Å². The van der Waals surface area contributed by atoms with Crippen molar-refractivity contribution in [3.63, 3.8) is 0 Å². The summed E-state index contributed by atoms with van der Waals surface area (Å²) in [5, 5.41) is 8.81. The third kappa shape index (κ3) is 3.06. The van der Waals surface area contributed by atoms with Gasteiger partial charge < -0.3 is 5.11 Å². The molecule has 0 radical (unpaired) electrons. The van der Waals surface area contributed by atoms with E-state index in [1.807, 2.05) is 12.1 Å². The van der Waals surface area contributed by atoms with Crippen LogP contribution in [0.4, 0.5) is 0 Å². The van der Waals surface area contributed by atoms with E-state index in [4.69, 9.17) is 5.11 Å². The Morgan fingerprint density at radius 3 is 2.53 bits per heavy atom. The Morgan fingerprint density at radius 1 is 1.24 bits per heavy atom. The van der Waals surface area contributed by atoms with Gasteiger partial charge in [0.15, 0.2) is 0 Å². The summed E-state index contributed by atoms with van der Waals surface area (Å²) in [4.78, 5) is 10.7. The molecule has 0 saturated heterocycles. The molecule has 0 unspecified atom stereocenters. The van der Waals surface area contributed by atoms with Crippen LogP contribution < -0.4 is 0 Å². The summed E-state index contributed by atoms with van der Waals surface area (Å²) in [6, 6.07) is 7.00. The van der Waals surface area contributed by atoms with E-state index < -0.39 is 5.97 Å². The van der Waals surface area contributed by atoms with Crippen molar-refractivity contribution in [1.29, 1.82) is 0 Å². The number of rotatable bonds is 2. The maximum atomic E-state index is 10.7. The van der Waals surface area contributed by atoms with Gasteiger partial charge in [0, 0.05) is 0 Å². The van der Waals surface area contributed by atoms with Crippen LogP contribution in [-0.2, 0) is 0 Å². The minimum atomic E-state index is -0.877. The Morgan fingerprint density at radius 2 is 1.94 bits per heavy atom. The molecule has 0 saturated carbocycles. The molecule has 17 heavy (non-hydrogen) atoms. The molecule has 88 valence electrons. The number of allylic oxidation sites excluding steroid dienone is 3. The number of benzene rings is 1. The second kappa shape index (κ2) is 5.00. The van der Waals surface area contributed by atoms with Crippen molar-refractivity contribution in [3.05, 3.63) is 52.6 Å². The fourth-order valence-corrected chi connectivity index (χ4v) is 2.08. The molecule has 0 fully saturated rings. The van der Waals surface area contributed by atoms with Gasteiger partial charge >= 0.3 is 5.97 Å². The number of hydrogen-bond acceptors (Lipinski definition) is 1. The van der Waals surface area contributed by atoms with E-state index in [2.05, 4.69) is 19.1 Å². The molecule has 2 heteroatoms. The highest BCUT2D eigenvalue weighted by Gasteiger charge is 2.04. The summed E-state index contributed by atoms with van der Waals surface area (Å²) in [5.41, 5.74) is 4.15. The first-order valence-electron chi connectivity index (χ1n) is 5.86. The standard InChI is InChI=1S/C15H16O2/c1-11-3-2-4-13(9-11)10-12-5-7-14(8-6-12)15(16)17/h5-10H,2-4H2,1H3,(H,16,17)/b13-10+. The molecule has 1 aliphatic rings. The zero-order chi connectivity index (χ0) is 12.3. The minimum absolute atomic E-state index is 0.336. The van der Waals surface area contributed by atoms with Gasteiger partial charge in [-0.15, -0.1) is 0 Å². The molecule has 0 bridgehead atoms. The van der Waals surface area contributed by atoms with E-state index in [9.17, 15) is 4.79 Å². The van der Waals surface area contributed by atoms with Gasteiger partial charge in [-0.2, -0.15) is 0 Å². The van der Waals surface area contributed by atoms with Gasteiger partial charge in [-0.1, -0.05) is 29.9 Å². The van der Waals surface area contributed by atoms with E-state index in [0.29, 0.717) is 5.56 Å². The third-order valence-corrected chi connectivity index (χ3v) is 2.98. The monoisotopic (exact) mass is 228 g/mol. The fourth-order valence-electron chi connectivity index (χ4n) is 2.08. The highest BCUT2D eigenvalue weighted by molar-refractivity contribution is 5.87. The molecular weight excluding hydrogens is 212 g/mol. The zero-order valence-electron chi connectivity index (χ0n) is 9.94. The predicted molar refractivity (Wildman–Crippen MR) is 69.0 cm³/mol. The summed E-state index contributed by atoms with van der Waals surface area (Å²) >= 11 is 0. The molecule has 2 nitrogen and oxygen atoms in total. The van der Waals surface area contributed by atoms with Gasteiger partial charge in [-0.25, -0.2) is 4.79 Å². The van der Waals surface area contributed by atoms with Crippen LogP contribution in [0.5, 0.6) is 0 Å². The Bertz CT molecular complexity index is 478. The van der Waals surface area contributed by atoms with Crippen molar-refractivity contribution in [1.82, 2.24) is 0 Å². The van der Waals surface area contributed by atoms with Crippen LogP contribution in [0.1, 0.15) is 42.1 Å². The second-order valence-electron chi connectivity index (χ2n) is 4.49. The van der Waals surface area contributed by atoms with Gasteiger partial charge in [-0.05, 0) is 49.5 Å². The van der Waals surface area contributed by atoms with E-state index >= 15 is 0 Å². The number of carbonyl (C=O) groups is 1. The summed E-state index contributed by atoms with van der Waals surface area (Å²) < 4.78 is 0. The van der Waals surface area contributed by atoms with Crippen molar-refractivity contribution in [2.75, 3.05) is 0 Å². The average Bonchev–Trinajstić information content (AvgIpc) is 2.29. The van der Waals surface area contributed by atoms with Crippen LogP contribution in [0.3, 0.4) is 0 Å². The number of carboxylic acid groups (broad SMARTS) is 1. The van der Waals surface area contributed by atoms with Gasteiger partial charge in [0.1, 0.15) is 0 Å². The molecular formula is C15H16O2. The van der Waals surface area contributed by atoms with Gasteiger partial charge in [0.25, 0.3) is 0 Å². The van der Waals surface area contributed by atoms with Crippen LogP contribution in [-0.4, -0.2) is 11.1 Å². The van der Waals surface area contributed by atoms with Crippen LogP contribution in [0.15, 0.2) is 41.5 Å². The van der Waals surface area contributed by atoms with Crippen LogP contribution in [0.25, 0.3) is 6.08 Å². The lowest BCUT2D eigenvalue weighted by atomic mass is 9.95. The normalized spacial score (nSPS) is 17.9. The first kappa shape index (κ1) is 11.6. The van der Waals surface area contributed by atoms with Crippen molar-refractivity contribution in [2.45, 2.75) is 26.2 Å². The van der Waals surface area contributed by atoms with E-state index in [-0.39, 0.29) is 0 Å². The molecule has 2 rings (SSSR count). The Balaban J connectivity index is 2.21. The highest BCUT2D eigenvalue weighted by Crippen LogP contribution is 2.23. The van der Waals surface area contributed by atoms with Crippen LogP contribution >= 0.6 is 0 Å². The second-order valence-corrected chi connectivity index (χ2v) is 4.49. The first-order chi connectivity index (χ1) is 8.15. The highest BCUT2D eigenvalue weighted by atomic mass is 16.4. The summed E-state index contributed by atoms with van der Waals surface area (Å²) in [7, 11) is 0. The molecule has 0 aromatic heterocycles.